The maximum Gasteiger partial charge on any atom is 0.0565 e. The normalized spacial score (nSPS) is 10.9. The van der Waals surface area contributed by atoms with Crippen LogP contribution in [0.25, 0.3) is 20.9 Å². The zero-order chi connectivity index (χ0) is 7.82. The van der Waals surface area contributed by atoms with Gasteiger partial charge in [0.25, 0.3) is 0 Å². The van der Waals surface area contributed by atoms with Crippen LogP contribution < -0.4 is 0 Å². The van der Waals surface area contributed by atoms with Crippen molar-refractivity contribution in [2.45, 2.75) is 6.04 Å². The summed E-state index contributed by atoms with van der Waals surface area (Å²) in [5.74, 6) is 0.170. The molecule has 0 aromatic carbocycles. The second kappa shape index (κ2) is 6.04. The molecule has 10 heavy (non-hydrogen) atoms. The Hall–Kier alpha value is -1.09. The molecule has 0 N–H and O–H groups in total. The smallest absolute Gasteiger partial charge is 0.0565 e. The van der Waals surface area contributed by atoms with Crippen molar-refractivity contribution in [1.29, 1.82) is 0 Å². The molecule has 1 atom stereocenters. The van der Waals surface area contributed by atoms with Gasteiger partial charge >= 0.3 is 0 Å². The van der Waals surface area contributed by atoms with Crippen LogP contribution in [-0.4, -0.2) is 18.5 Å². The molecule has 0 saturated heterocycles. The predicted octanol–water partition coefficient (Wildman–Crippen LogP) is 2.21. The Morgan fingerprint density at radius 3 is 2.50 bits per heavy atom. The molecule has 0 radical (unpaired) electrons. The molecule has 0 aromatic heterocycles. The van der Waals surface area contributed by atoms with Crippen molar-refractivity contribution < 1.29 is 0 Å². The van der Waals surface area contributed by atoms with Crippen molar-refractivity contribution >= 4 is 11.6 Å². The molecule has 0 aromatic rings. The van der Waals surface area contributed by atoms with E-state index < -0.39 is 6.04 Å². The molecule has 1 unspecified atom stereocenters. The van der Waals surface area contributed by atoms with E-state index in [2.05, 4.69) is 20.1 Å². The summed E-state index contributed by atoms with van der Waals surface area (Å²) in [6.45, 7) is 0.115. The number of rotatable bonds is 4. The predicted molar refractivity (Wildman–Crippen MR) is 37.7 cm³/mol. The highest BCUT2D eigenvalue weighted by Crippen LogP contribution is 1.95. The standard InChI is InChI=1S/C3H5ClN6/c4-1-3(8-10-6)2-7-9-5/h3H,1-2H2. The molecule has 0 aliphatic carbocycles. The van der Waals surface area contributed by atoms with Crippen molar-refractivity contribution in [2.24, 2.45) is 10.2 Å². The van der Waals surface area contributed by atoms with Crippen LogP contribution in [0.1, 0.15) is 0 Å². The average Bonchev–Trinajstić information content (AvgIpc) is 1.98. The van der Waals surface area contributed by atoms with E-state index in [1.54, 1.807) is 0 Å². The zero-order valence-corrected chi connectivity index (χ0v) is 5.81. The van der Waals surface area contributed by atoms with Crippen molar-refractivity contribution in [2.75, 3.05) is 12.4 Å². The molecule has 6 nitrogen and oxygen atoms in total. The zero-order valence-electron chi connectivity index (χ0n) is 5.05. The van der Waals surface area contributed by atoms with E-state index >= 15 is 0 Å². The van der Waals surface area contributed by atoms with E-state index in [-0.39, 0.29) is 12.4 Å². The van der Waals surface area contributed by atoms with Gasteiger partial charge in [0, 0.05) is 22.2 Å². The van der Waals surface area contributed by atoms with Crippen molar-refractivity contribution in [1.82, 2.24) is 0 Å². The summed E-state index contributed by atoms with van der Waals surface area (Å²) in [5.41, 5.74) is 15.8. The molecule has 0 spiro atoms. The number of azide groups is 2. The lowest BCUT2D eigenvalue weighted by Crippen LogP contribution is -2.08. The van der Waals surface area contributed by atoms with Gasteiger partial charge in [-0.05, 0) is 11.1 Å². The summed E-state index contributed by atoms with van der Waals surface area (Å²) in [6, 6.07) is -0.428. The molecule has 0 amide bonds. The Morgan fingerprint density at radius 2 is 2.10 bits per heavy atom. The fraction of sp³-hybridized carbons (Fsp3) is 1.00. The highest BCUT2D eigenvalue weighted by Gasteiger charge is 2.00. The topological polar surface area (TPSA) is 97.5 Å². The second-order valence-corrected chi connectivity index (χ2v) is 1.74. The molecular weight excluding hydrogens is 156 g/mol. The Labute approximate surface area is 62.0 Å². The third-order valence-electron chi connectivity index (χ3n) is 0.749. The van der Waals surface area contributed by atoms with E-state index in [0.29, 0.717) is 0 Å². The van der Waals surface area contributed by atoms with Gasteiger partial charge in [0.2, 0.25) is 0 Å². The van der Waals surface area contributed by atoms with E-state index in [4.69, 9.17) is 22.7 Å². The lowest BCUT2D eigenvalue weighted by Gasteiger charge is -1.97. The lowest BCUT2D eigenvalue weighted by molar-refractivity contribution is 0.748. The molecular formula is C3H5ClN6. The fourth-order valence-electron chi connectivity index (χ4n) is 0.320. The number of hydrogen-bond donors (Lipinski definition) is 0. The molecule has 0 rings (SSSR count). The number of halogens is 1. The van der Waals surface area contributed by atoms with Gasteiger partial charge in [0.05, 0.1) is 6.04 Å². The minimum Gasteiger partial charge on any atom is -0.126 e. The Kier molecular flexibility index (Phi) is 5.38. The van der Waals surface area contributed by atoms with E-state index in [1.165, 1.54) is 0 Å². The van der Waals surface area contributed by atoms with Crippen molar-refractivity contribution in [3.05, 3.63) is 20.9 Å². The van der Waals surface area contributed by atoms with Gasteiger partial charge < -0.3 is 0 Å². The Bertz CT molecular complexity index is 177. The first-order chi connectivity index (χ1) is 4.85. The monoisotopic (exact) mass is 160 g/mol. The fourth-order valence-corrected chi connectivity index (χ4v) is 0.479. The van der Waals surface area contributed by atoms with Crippen molar-refractivity contribution in [3.8, 4) is 0 Å². The third kappa shape index (κ3) is 3.86. The summed E-state index contributed by atoms with van der Waals surface area (Å²) in [4.78, 5) is 5.01. The maximum absolute atomic E-state index is 7.93. The van der Waals surface area contributed by atoms with Gasteiger partial charge in [-0.1, -0.05) is 10.2 Å². The number of hydrogen-bond acceptors (Lipinski definition) is 2. The minimum atomic E-state index is -0.428. The third-order valence-corrected chi connectivity index (χ3v) is 1.10. The van der Waals surface area contributed by atoms with E-state index in [9.17, 15) is 0 Å². The van der Waals surface area contributed by atoms with Gasteiger partial charge in [-0.15, -0.1) is 11.6 Å². The molecule has 0 fully saturated rings. The minimum absolute atomic E-state index is 0.115. The Balaban J connectivity index is 3.81. The second-order valence-electron chi connectivity index (χ2n) is 1.43. The van der Waals surface area contributed by atoms with Crippen LogP contribution in [0.15, 0.2) is 10.2 Å². The molecule has 0 aliphatic heterocycles. The summed E-state index contributed by atoms with van der Waals surface area (Å²) < 4.78 is 0. The molecule has 0 bridgehead atoms. The van der Waals surface area contributed by atoms with Crippen LogP contribution in [0.4, 0.5) is 0 Å². The molecule has 0 aliphatic rings. The number of nitrogens with zero attached hydrogens (tertiary/aromatic N) is 6. The van der Waals surface area contributed by atoms with Crippen LogP contribution in [0.2, 0.25) is 0 Å². The molecule has 0 heterocycles. The molecule has 7 heteroatoms. The summed E-state index contributed by atoms with van der Waals surface area (Å²) in [5, 5.41) is 6.46. The van der Waals surface area contributed by atoms with E-state index in [1.807, 2.05) is 0 Å². The first-order valence-electron chi connectivity index (χ1n) is 2.46. The van der Waals surface area contributed by atoms with Gasteiger partial charge in [0.1, 0.15) is 0 Å². The van der Waals surface area contributed by atoms with E-state index in [0.717, 1.165) is 0 Å². The Morgan fingerprint density at radius 1 is 1.40 bits per heavy atom. The van der Waals surface area contributed by atoms with Crippen LogP contribution in [0, 0.1) is 0 Å². The van der Waals surface area contributed by atoms with Crippen LogP contribution >= 0.6 is 11.6 Å². The quantitative estimate of drug-likeness (QED) is 0.261. The summed E-state index contributed by atoms with van der Waals surface area (Å²) in [7, 11) is 0. The van der Waals surface area contributed by atoms with Gasteiger partial charge in [-0.25, -0.2) is 0 Å². The largest absolute Gasteiger partial charge is 0.126 e. The van der Waals surface area contributed by atoms with Gasteiger partial charge in [0.15, 0.2) is 0 Å². The SMILES string of the molecule is [N-]=[N+]=NCC(CCl)N=[N+]=[N-]. The first kappa shape index (κ1) is 8.91. The molecule has 0 saturated carbocycles. The maximum atomic E-state index is 7.93. The van der Waals surface area contributed by atoms with Crippen molar-refractivity contribution in [3.63, 3.8) is 0 Å². The highest BCUT2D eigenvalue weighted by atomic mass is 35.5. The first-order valence-corrected chi connectivity index (χ1v) is 2.99. The lowest BCUT2D eigenvalue weighted by atomic mass is 10.4. The average molecular weight is 161 g/mol. The van der Waals surface area contributed by atoms with Crippen LogP contribution in [0.5, 0.6) is 0 Å². The summed E-state index contributed by atoms with van der Waals surface area (Å²) >= 11 is 5.33. The van der Waals surface area contributed by atoms with Crippen LogP contribution in [-0.2, 0) is 0 Å². The molecule has 54 valence electrons. The van der Waals surface area contributed by atoms with Gasteiger partial charge in [-0.2, -0.15) is 0 Å². The highest BCUT2D eigenvalue weighted by molar-refractivity contribution is 6.18. The van der Waals surface area contributed by atoms with Gasteiger partial charge in [-0.3, -0.25) is 0 Å². The van der Waals surface area contributed by atoms with Crippen LogP contribution in [0.3, 0.4) is 0 Å². The summed E-state index contributed by atoms with van der Waals surface area (Å²) in [6.07, 6.45) is 0. The number of alkyl halides is 1.